The summed E-state index contributed by atoms with van der Waals surface area (Å²) in [5.74, 6) is -0.676. The number of hydrogen-bond acceptors (Lipinski definition) is 5. The minimum atomic E-state index is -3.61. The van der Waals surface area contributed by atoms with Gasteiger partial charge in [-0.05, 0) is 56.5 Å². The summed E-state index contributed by atoms with van der Waals surface area (Å²) in [7, 11) is -3.61. The zero-order valence-corrected chi connectivity index (χ0v) is 18.7. The van der Waals surface area contributed by atoms with Gasteiger partial charge >= 0.3 is 5.97 Å². The zero-order valence-electron chi connectivity index (χ0n) is 17.8. The molecule has 2 aromatic rings. The van der Waals surface area contributed by atoms with Gasteiger partial charge < -0.3 is 9.64 Å². The van der Waals surface area contributed by atoms with Crippen molar-refractivity contribution in [2.24, 2.45) is 5.92 Å². The Hall–Kier alpha value is -2.71. The van der Waals surface area contributed by atoms with Crippen molar-refractivity contribution in [2.45, 2.75) is 38.1 Å². The number of rotatable bonds is 7. The SMILES string of the molecule is CCOC(=O)[C@@H]1CCCN(C(=O)c2ccc(CNS(=O)(=O)c3ccc(C)cc3)cc2)C1. The average Bonchev–Trinajstić information content (AvgIpc) is 2.78. The summed E-state index contributed by atoms with van der Waals surface area (Å²) in [6, 6.07) is 13.5. The highest BCUT2D eigenvalue weighted by Gasteiger charge is 2.29. The lowest BCUT2D eigenvalue weighted by Gasteiger charge is -2.31. The molecule has 0 aliphatic carbocycles. The third-order valence-corrected chi connectivity index (χ3v) is 6.74. The van der Waals surface area contributed by atoms with E-state index in [1.54, 1.807) is 60.4 Å². The van der Waals surface area contributed by atoms with Crippen LogP contribution in [-0.4, -0.2) is 44.9 Å². The van der Waals surface area contributed by atoms with Crippen LogP contribution in [-0.2, 0) is 26.1 Å². The summed E-state index contributed by atoms with van der Waals surface area (Å²) in [5.41, 5.74) is 2.24. The van der Waals surface area contributed by atoms with Gasteiger partial charge in [-0.25, -0.2) is 13.1 Å². The number of amides is 1. The minimum Gasteiger partial charge on any atom is -0.466 e. The van der Waals surface area contributed by atoms with Gasteiger partial charge in [0.05, 0.1) is 17.4 Å². The van der Waals surface area contributed by atoms with Crippen LogP contribution in [0.5, 0.6) is 0 Å². The van der Waals surface area contributed by atoms with Crippen molar-refractivity contribution in [2.75, 3.05) is 19.7 Å². The van der Waals surface area contributed by atoms with Gasteiger partial charge in [0, 0.05) is 25.2 Å². The van der Waals surface area contributed by atoms with E-state index in [-0.39, 0.29) is 29.2 Å². The molecule has 1 saturated heterocycles. The van der Waals surface area contributed by atoms with Crippen LogP contribution >= 0.6 is 0 Å². The highest BCUT2D eigenvalue weighted by Crippen LogP contribution is 2.20. The molecule has 0 unspecified atom stereocenters. The lowest BCUT2D eigenvalue weighted by atomic mass is 9.97. The summed E-state index contributed by atoms with van der Waals surface area (Å²) in [4.78, 5) is 26.7. The second kappa shape index (κ2) is 10.1. The number of likely N-dealkylation sites (tertiary alicyclic amines) is 1. The first-order valence-electron chi connectivity index (χ1n) is 10.4. The maximum atomic E-state index is 12.8. The Morgan fingerprint density at radius 1 is 1.10 bits per heavy atom. The van der Waals surface area contributed by atoms with E-state index in [1.165, 1.54) is 0 Å². The lowest BCUT2D eigenvalue weighted by Crippen LogP contribution is -2.42. The fourth-order valence-electron chi connectivity index (χ4n) is 3.54. The quantitative estimate of drug-likeness (QED) is 0.663. The molecule has 1 atom stereocenters. The summed E-state index contributed by atoms with van der Waals surface area (Å²) in [6.07, 6.45) is 1.48. The van der Waals surface area contributed by atoms with E-state index >= 15 is 0 Å². The number of carbonyl (C=O) groups excluding carboxylic acids is 2. The third-order valence-electron chi connectivity index (χ3n) is 5.33. The van der Waals surface area contributed by atoms with E-state index < -0.39 is 10.0 Å². The van der Waals surface area contributed by atoms with Crippen molar-refractivity contribution >= 4 is 21.9 Å². The highest BCUT2D eigenvalue weighted by atomic mass is 32.2. The summed E-state index contributed by atoms with van der Waals surface area (Å²) in [6.45, 7) is 5.08. The number of ether oxygens (including phenoxy) is 1. The van der Waals surface area contributed by atoms with Crippen molar-refractivity contribution in [3.63, 3.8) is 0 Å². The van der Waals surface area contributed by atoms with Gasteiger partial charge in [0.25, 0.3) is 5.91 Å². The van der Waals surface area contributed by atoms with E-state index in [0.717, 1.165) is 24.0 Å². The van der Waals surface area contributed by atoms with Gasteiger partial charge in [-0.2, -0.15) is 0 Å². The van der Waals surface area contributed by atoms with Crippen LogP contribution in [0, 0.1) is 12.8 Å². The zero-order chi connectivity index (χ0) is 22.4. The number of nitrogens with one attached hydrogen (secondary N) is 1. The van der Waals surface area contributed by atoms with Crippen LogP contribution in [0.2, 0.25) is 0 Å². The molecule has 0 saturated carbocycles. The van der Waals surface area contributed by atoms with E-state index in [2.05, 4.69) is 4.72 Å². The van der Waals surface area contributed by atoms with Crippen LogP contribution < -0.4 is 4.72 Å². The van der Waals surface area contributed by atoms with Crippen LogP contribution in [0.1, 0.15) is 41.3 Å². The normalized spacial score (nSPS) is 16.7. The Labute approximate surface area is 183 Å². The molecule has 2 aromatic carbocycles. The van der Waals surface area contributed by atoms with Crippen molar-refractivity contribution in [3.8, 4) is 0 Å². The molecule has 0 spiro atoms. The van der Waals surface area contributed by atoms with E-state index in [1.807, 2.05) is 6.92 Å². The molecule has 7 nitrogen and oxygen atoms in total. The second-order valence-electron chi connectivity index (χ2n) is 7.68. The maximum Gasteiger partial charge on any atom is 0.310 e. The first-order valence-corrected chi connectivity index (χ1v) is 11.9. The number of hydrogen-bond donors (Lipinski definition) is 1. The molecule has 1 N–H and O–H groups in total. The van der Waals surface area contributed by atoms with Crippen molar-refractivity contribution in [1.29, 1.82) is 0 Å². The van der Waals surface area contributed by atoms with Gasteiger partial charge in [-0.1, -0.05) is 29.8 Å². The van der Waals surface area contributed by atoms with Crippen LogP contribution in [0.4, 0.5) is 0 Å². The minimum absolute atomic E-state index is 0.124. The fraction of sp³-hybridized carbons (Fsp3) is 0.391. The number of piperidine rings is 1. The first-order chi connectivity index (χ1) is 14.8. The maximum absolute atomic E-state index is 12.8. The van der Waals surface area contributed by atoms with E-state index in [9.17, 15) is 18.0 Å². The molecule has 0 radical (unpaired) electrons. The van der Waals surface area contributed by atoms with E-state index in [4.69, 9.17) is 4.74 Å². The molecule has 166 valence electrons. The van der Waals surface area contributed by atoms with Crippen molar-refractivity contribution < 1.29 is 22.7 Å². The largest absolute Gasteiger partial charge is 0.466 e. The predicted octanol–water partition coefficient (Wildman–Crippen LogP) is 2.89. The monoisotopic (exact) mass is 444 g/mol. The molecule has 1 aliphatic rings. The highest BCUT2D eigenvalue weighted by molar-refractivity contribution is 7.89. The number of sulfonamides is 1. The summed E-state index contributed by atoms with van der Waals surface area (Å²) < 4.78 is 32.5. The molecule has 0 aromatic heterocycles. The molecule has 0 bridgehead atoms. The van der Waals surface area contributed by atoms with Crippen LogP contribution in [0.15, 0.2) is 53.4 Å². The van der Waals surface area contributed by atoms with Gasteiger partial charge in [-0.3, -0.25) is 9.59 Å². The Morgan fingerprint density at radius 3 is 2.42 bits per heavy atom. The Bertz CT molecular complexity index is 1020. The molecule has 8 heteroatoms. The molecular weight excluding hydrogens is 416 g/mol. The van der Waals surface area contributed by atoms with Crippen molar-refractivity contribution in [1.82, 2.24) is 9.62 Å². The molecule has 3 rings (SSSR count). The number of nitrogens with zero attached hydrogens (tertiary/aromatic N) is 1. The number of carbonyl (C=O) groups is 2. The molecular formula is C23H28N2O5S. The molecule has 1 aliphatic heterocycles. The molecule has 31 heavy (non-hydrogen) atoms. The molecule has 1 amide bonds. The van der Waals surface area contributed by atoms with Gasteiger partial charge in [0.15, 0.2) is 0 Å². The Kier molecular flexibility index (Phi) is 7.46. The number of aryl methyl sites for hydroxylation is 1. The first kappa shape index (κ1) is 23.0. The summed E-state index contributed by atoms with van der Waals surface area (Å²) in [5, 5.41) is 0. The van der Waals surface area contributed by atoms with Gasteiger partial charge in [-0.15, -0.1) is 0 Å². The van der Waals surface area contributed by atoms with E-state index in [0.29, 0.717) is 25.3 Å². The smallest absolute Gasteiger partial charge is 0.310 e. The topological polar surface area (TPSA) is 92.8 Å². The Balaban J connectivity index is 1.60. The second-order valence-corrected chi connectivity index (χ2v) is 9.44. The number of esters is 1. The fourth-order valence-corrected chi connectivity index (χ4v) is 4.56. The van der Waals surface area contributed by atoms with Crippen LogP contribution in [0.25, 0.3) is 0 Å². The molecule has 1 heterocycles. The predicted molar refractivity (Wildman–Crippen MR) is 117 cm³/mol. The lowest BCUT2D eigenvalue weighted by molar-refractivity contribution is -0.149. The molecule has 1 fully saturated rings. The Morgan fingerprint density at radius 2 is 1.77 bits per heavy atom. The summed E-state index contributed by atoms with van der Waals surface area (Å²) >= 11 is 0. The van der Waals surface area contributed by atoms with Gasteiger partial charge in [0.2, 0.25) is 10.0 Å². The van der Waals surface area contributed by atoms with Gasteiger partial charge in [0.1, 0.15) is 0 Å². The van der Waals surface area contributed by atoms with Crippen LogP contribution in [0.3, 0.4) is 0 Å². The average molecular weight is 445 g/mol. The third kappa shape index (κ3) is 5.92. The van der Waals surface area contributed by atoms with Crippen molar-refractivity contribution in [3.05, 3.63) is 65.2 Å². The standard InChI is InChI=1S/C23H28N2O5S/c1-3-30-23(27)20-5-4-14-25(16-20)22(26)19-10-8-18(9-11-19)15-24-31(28,29)21-12-6-17(2)7-13-21/h6-13,20,24H,3-5,14-16H2,1-2H3/t20-/m1/s1. The number of benzene rings is 2.